The van der Waals surface area contributed by atoms with Gasteiger partial charge in [-0.15, -0.1) is 0 Å². The number of aliphatic hydroxyl groups is 1. The van der Waals surface area contributed by atoms with Crippen LogP contribution in [0.3, 0.4) is 0 Å². The fourth-order valence-corrected chi connectivity index (χ4v) is 14.6. The summed E-state index contributed by atoms with van der Waals surface area (Å²) in [6.07, 6.45) is 6.34. The van der Waals surface area contributed by atoms with Gasteiger partial charge in [-0.05, 0) is 0 Å². The summed E-state index contributed by atoms with van der Waals surface area (Å²) < 4.78 is 0.951. The Balaban J connectivity index is 2.32. The van der Waals surface area contributed by atoms with E-state index in [9.17, 15) is 5.11 Å². The first-order valence-electron chi connectivity index (χ1n) is 7.51. The van der Waals surface area contributed by atoms with Crippen LogP contribution in [0.2, 0.25) is 18.8 Å². The molecule has 0 amide bonds. The third kappa shape index (κ3) is 2.54. The van der Waals surface area contributed by atoms with Crippen molar-refractivity contribution in [3.05, 3.63) is 12.7 Å². The van der Waals surface area contributed by atoms with E-state index in [0.29, 0.717) is 0 Å². The molecule has 0 heterocycles. The Bertz CT molecular complexity index is 323. The van der Waals surface area contributed by atoms with Gasteiger partial charge in [0.05, 0.1) is 0 Å². The quantitative estimate of drug-likeness (QED) is 0.587. The molecule has 2 fully saturated rings. The average molecular weight is 357 g/mol. The van der Waals surface area contributed by atoms with Crippen LogP contribution in [0.5, 0.6) is 0 Å². The molecule has 1 N–H and O–H groups in total. The third-order valence-electron chi connectivity index (χ3n) is 5.46. The van der Waals surface area contributed by atoms with Crippen LogP contribution in [0.1, 0.15) is 33.1 Å². The molecule has 0 radical (unpaired) electrons. The molecule has 104 valence electrons. The van der Waals surface area contributed by atoms with Crippen molar-refractivity contribution in [2.75, 3.05) is 0 Å². The number of rotatable bonds is 4. The zero-order chi connectivity index (χ0) is 13.7. The van der Waals surface area contributed by atoms with Crippen molar-refractivity contribution in [1.29, 1.82) is 0 Å². The predicted molar refractivity (Wildman–Crippen MR) is 81.4 cm³/mol. The number of fused-ring (bicyclic) bond motifs is 2. The molecule has 2 saturated carbocycles. The monoisotopic (exact) mass is 358 g/mol. The van der Waals surface area contributed by atoms with Gasteiger partial charge in [0.2, 0.25) is 0 Å². The van der Waals surface area contributed by atoms with Crippen LogP contribution in [-0.2, 0) is 0 Å². The average Bonchev–Trinajstić information content (AvgIpc) is 2.74. The minimum absolute atomic E-state index is 0.286. The van der Waals surface area contributed by atoms with E-state index in [1.165, 1.54) is 19.3 Å². The number of hydrogen-bond acceptors (Lipinski definition) is 1. The molecule has 0 aliphatic heterocycles. The fraction of sp³-hybridized carbons (Fsp3) is 0.875. The SMILES string of the molecule is C=CC([C@@H]1[C@H]2CC[C@H](C2)[C@@H]1[Sn]([CH3])([CH3])[CH3])C(C)(C)O. The molecule has 2 aliphatic rings. The molecule has 0 aromatic heterocycles. The van der Waals surface area contributed by atoms with Crippen molar-refractivity contribution < 1.29 is 5.11 Å². The Kier molecular flexibility index (Phi) is 3.97. The first-order chi connectivity index (χ1) is 8.16. The summed E-state index contributed by atoms with van der Waals surface area (Å²) in [6.45, 7) is 7.98. The molecule has 18 heavy (non-hydrogen) atoms. The second kappa shape index (κ2) is 4.80. The van der Waals surface area contributed by atoms with Crippen molar-refractivity contribution in [3.63, 3.8) is 0 Å². The van der Waals surface area contributed by atoms with Gasteiger partial charge in [0.1, 0.15) is 0 Å². The molecular formula is C16H30OSn. The molecule has 0 aromatic rings. The van der Waals surface area contributed by atoms with Crippen LogP contribution in [0.25, 0.3) is 0 Å². The second-order valence-corrected chi connectivity index (χ2v) is 23.6. The van der Waals surface area contributed by atoms with Crippen LogP contribution in [0, 0.1) is 23.7 Å². The van der Waals surface area contributed by atoms with Gasteiger partial charge in [0, 0.05) is 0 Å². The van der Waals surface area contributed by atoms with Gasteiger partial charge in [-0.25, -0.2) is 0 Å². The summed E-state index contributed by atoms with van der Waals surface area (Å²) in [7, 11) is 0. The maximum absolute atomic E-state index is 10.5. The van der Waals surface area contributed by atoms with E-state index in [1.807, 2.05) is 13.8 Å². The zero-order valence-corrected chi connectivity index (χ0v) is 15.6. The summed E-state index contributed by atoms with van der Waals surface area (Å²) in [4.78, 5) is 7.74. The molecule has 2 heteroatoms. The predicted octanol–water partition coefficient (Wildman–Crippen LogP) is 4.31. The standard InChI is InChI=1S/C13H21O.3CH3.Sn/c1-4-12(13(2,3)14)11-8-9-5-6-10(11)7-9;;;;/h4,8-12,14H,1,5-7H2,2-3H3;3*1H3;/t9-,10+,11+,12?;;;;/m1..../s1. The maximum atomic E-state index is 10.5. The van der Waals surface area contributed by atoms with Gasteiger partial charge in [-0.1, -0.05) is 0 Å². The van der Waals surface area contributed by atoms with Crippen LogP contribution in [0.15, 0.2) is 12.7 Å². The van der Waals surface area contributed by atoms with Gasteiger partial charge in [-0.3, -0.25) is 0 Å². The Morgan fingerprint density at radius 3 is 2.22 bits per heavy atom. The Morgan fingerprint density at radius 1 is 1.22 bits per heavy atom. The van der Waals surface area contributed by atoms with Crippen LogP contribution in [-0.4, -0.2) is 29.1 Å². The van der Waals surface area contributed by atoms with Crippen molar-refractivity contribution in [3.8, 4) is 0 Å². The van der Waals surface area contributed by atoms with E-state index < -0.39 is 24.0 Å². The zero-order valence-electron chi connectivity index (χ0n) is 12.7. The van der Waals surface area contributed by atoms with Crippen molar-refractivity contribution in [1.82, 2.24) is 0 Å². The van der Waals surface area contributed by atoms with Gasteiger partial charge in [-0.2, -0.15) is 0 Å². The van der Waals surface area contributed by atoms with Crippen LogP contribution >= 0.6 is 0 Å². The topological polar surface area (TPSA) is 20.2 Å². The summed E-state index contributed by atoms with van der Waals surface area (Å²) in [6, 6.07) is 0. The molecule has 0 aromatic carbocycles. The second-order valence-electron chi connectivity index (χ2n) is 8.22. The van der Waals surface area contributed by atoms with E-state index in [1.54, 1.807) is 0 Å². The molecule has 2 rings (SSSR count). The summed E-state index contributed by atoms with van der Waals surface area (Å²) >= 11 is -1.93. The molecule has 2 bridgehead atoms. The van der Waals surface area contributed by atoms with Crippen molar-refractivity contribution in [2.24, 2.45) is 23.7 Å². The molecule has 1 unspecified atom stereocenters. The molecular weight excluding hydrogens is 327 g/mol. The van der Waals surface area contributed by atoms with Gasteiger partial charge in [0.25, 0.3) is 0 Å². The third-order valence-corrected chi connectivity index (χ3v) is 13.6. The molecule has 0 saturated heterocycles. The molecule has 0 spiro atoms. The van der Waals surface area contributed by atoms with E-state index in [-0.39, 0.29) is 5.92 Å². The van der Waals surface area contributed by atoms with Gasteiger partial charge < -0.3 is 0 Å². The summed E-state index contributed by atoms with van der Waals surface area (Å²) in [5.41, 5.74) is -0.605. The van der Waals surface area contributed by atoms with Crippen LogP contribution in [0.4, 0.5) is 0 Å². The van der Waals surface area contributed by atoms with Crippen molar-refractivity contribution in [2.45, 2.75) is 57.5 Å². The number of hydrogen-bond donors (Lipinski definition) is 1. The minimum atomic E-state index is -1.93. The van der Waals surface area contributed by atoms with Gasteiger partial charge >= 0.3 is 117 Å². The van der Waals surface area contributed by atoms with E-state index >= 15 is 0 Å². The fourth-order valence-electron chi connectivity index (χ4n) is 5.05. The first kappa shape index (κ1) is 14.9. The Morgan fingerprint density at radius 2 is 1.78 bits per heavy atom. The molecule has 2 aliphatic carbocycles. The molecule has 1 nitrogen and oxygen atoms in total. The van der Waals surface area contributed by atoms with E-state index in [2.05, 4.69) is 27.5 Å². The van der Waals surface area contributed by atoms with E-state index in [0.717, 1.165) is 21.7 Å². The summed E-state index contributed by atoms with van der Waals surface area (Å²) in [5, 5.41) is 10.5. The summed E-state index contributed by atoms with van der Waals surface area (Å²) in [5.74, 6) is 2.84. The first-order valence-corrected chi connectivity index (χ1v) is 17.7. The van der Waals surface area contributed by atoms with E-state index in [4.69, 9.17) is 0 Å². The normalized spacial score (nSPS) is 37.9. The van der Waals surface area contributed by atoms with Gasteiger partial charge in [0.15, 0.2) is 0 Å². The van der Waals surface area contributed by atoms with Crippen molar-refractivity contribution >= 4 is 18.4 Å². The Hall–Kier alpha value is 0.499. The molecule has 5 atom stereocenters. The Labute approximate surface area is 117 Å². The van der Waals surface area contributed by atoms with Crippen LogP contribution < -0.4 is 0 Å².